The maximum atomic E-state index is 13.1. The van der Waals surface area contributed by atoms with Crippen LogP contribution < -0.4 is 0 Å². The largest absolute Gasteiger partial charge is 0.459 e. The summed E-state index contributed by atoms with van der Waals surface area (Å²) in [5.41, 5.74) is 8.82. The van der Waals surface area contributed by atoms with Crippen molar-refractivity contribution < 1.29 is 38.1 Å². The van der Waals surface area contributed by atoms with Crippen LogP contribution in [-0.2, 0) is 59.0 Å². The maximum absolute atomic E-state index is 13.1. The highest BCUT2D eigenvalue weighted by atomic mass is 28.4. The molecule has 0 aromatic heterocycles. The van der Waals surface area contributed by atoms with Crippen LogP contribution in [0.15, 0.2) is 121 Å². The Morgan fingerprint density at radius 3 is 1.49 bits per heavy atom. The highest BCUT2D eigenvalue weighted by molar-refractivity contribution is 6.74. The molecule has 9 heteroatoms. The molecule has 0 amide bonds. The molecule has 0 saturated heterocycles. The Balaban J connectivity index is 0.000000224. The van der Waals surface area contributed by atoms with Crippen LogP contribution in [0, 0.1) is 0 Å². The van der Waals surface area contributed by atoms with E-state index < -0.39 is 26.5 Å². The number of aliphatic hydroxyl groups excluding tert-OH is 1. The van der Waals surface area contributed by atoms with Crippen LogP contribution in [0.3, 0.4) is 0 Å². The van der Waals surface area contributed by atoms with Gasteiger partial charge in [-0.1, -0.05) is 142 Å². The van der Waals surface area contributed by atoms with Gasteiger partial charge in [0.2, 0.25) is 0 Å². The third-order valence-corrected chi connectivity index (χ3v) is 15.1. The first-order valence-electron chi connectivity index (χ1n) is 19.9. The fourth-order valence-corrected chi connectivity index (χ4v) is 7.41. The minimum absolute atomic E-state index is 0.00431. The summed E-state index contributed by atoms with van der Waals surface area (Å²) in [6.45, 7) is 14.2. The summed E-state index contributed by atoms with van der Waals surface area (Å²) in [6.07, 6.45) is 5.05. The first kappa shape index (κ1) is 43.5. The predicted octanol–water partition coefficient (Wildman–Crippen LogP) is 9.30. The van der Waals surface area contributed by atoms with Crippen molar-refractivity contribution in [3.8, 4) is 0 Å². The summed E-state index contributed by atoms with van der Waals surface area (Å²) in [5.74, 6) is -0.894. The molecule has 1 N–H and O–H groups in total. The number of esters is 2. The van der Waals surface area contributed by atoms with Crippen molar-refractivity contribution in [2.24, 2.45) is 0 Å². The lowest BCUT2D eigenvalue weighted by atomic mass is 9.99. The van der Waals surface area contributed by atoms with E-state index in [1.807, 2.05) is 84.9 Å². The van der Waals surface area contributed by atoms with Gasteiger partial charge >= 0.3 is 11.9 Å². The van der Waals surface area contributed by atoms with Crippen molar-refractivity contribution in [1.29, 1.82) is 0 Å². The summed E-state index contributed by atoms with van der Waals surface area (Å²) in [6, 6.07) is 35.6. The van der Waals surface area contributed by atoms with Crippen molar-refractivity contribution >= 4 is 31.4 Å². The molecule has 2 atom stereocenters. The Labute approximate surface area is 339 Å². The highest BCUT2D eigenvalue weighted by Gasteiger charge is 2.41. The third-order valence-electron chi connectivity index (χ3n) is 10.7. The first-order valence-corrected chi connectivity index (χ1v) is 22.8. The van der Waals surface area contributed by atoms with Gasteiger partial charge in [0.1, 0.15) is 19.3 Å². The zero-order valence-electron chi connectivity index (χ0n) is 34.1. The molecular formula is C48H58O8Si. The van der Waals surface area contributed by atoms with E-state index in [9.17, 15) is 14.7 Å². The first-order chi connectivity index (χ1) is 27.4. The molecule has 0 unspecified atom stereocenters. The van der Waals surface area contributed by atoms with E-state index in [-0.39, 0.29) is 30.6 Å². The minimum Gasteiger partial charge on any atom is -0.459 e. The molecule has 2 heterocycles. The quantitative estimate of drug-likeness (QED) is 0.0997. The van der Waals surface area contributed by atoms with Gasteiger partial charge in [0.05, 0.1) is 26.4 Å². The number of benzene rings is 4. The van der Waals surface area contributed by atoms with Crippen LogP contribution in [0.25, 0.3) is 11.1 Å². The van der Waals surface area contributed by atoms with Crippen molar-refractivity contribution in [2.45, 2.75) is 90.0 Å². The van der Waals surface area contributed by atoms with Crippen LogP contribution in [0.5, 0.6) is 0 Å². The standard InChI is InChI=1S/C27H36O4Si.C21H22O4/c1-27(2,3)32(4,5)31-25(26(28)30-20-22-9-7-6-8-10-22)19-21-11-13-23(14-12-21)24-15-17-29-18-16-24;22-20(21(23)25-15-17-4-2-1-3-5-17)14-16-6-8-18(9-7-16)19-10-12-24-13-11-19/h6-15,25H,16-20H2,1-5H3;1-10,20,22H,11-15H2/t25-;20-/m11/s1. The zero-order valence-corrected chi connectivity index (χ0v) is 35.1. The molecule has 6 rings (SSSR count). The van der Waals surface area contributed by atoms with Crippen molar-refractivity contribution in [2.75, 3.05) is 26.4 Å². The average molecular weight is 791 g/mol. The number of ether oxygens (including phenoxy) is 4. The Bertz CT molecular complexity index is 1910. The Morgan fingerprint density at radius 2 is 1.07 bits per heavy atom. The van der Waals surface area contributed by atoms with Gasteiger partial charge in [-0.2, -0.15) is 0 Å². The van der Waals surface area contributed by atoms with Crippen molar-refractivity contribution in [1.82, 2.24) is 0 Å². The van der Waals surface area contributed by atoms with E-state index in [0.29, 0.717) is 19.6 Å². The van der Waals surface area contributed by atoms with Gasteiger partial charge in [0, 0.05) is 12.8 Å². The molecular weight excluding hydrogens is 733 g/mol. The molecule has 8 nitrogen and oxygen atoms in total. The number of carbonyl (C=O) groups is 2. The van der Waals surface area contributed by atoms with Gasteiger partial charge in [-0.15, -0.1) is 0 Å². The summed E-state index contributed by atoms with van der Waals surface area (Å²) < 4.78 is 28.1. The normalized spacial score (nSPS) is 15.5. The zero-order chi connectivity index (χ0) is 40.7. The number of carbonyl (C=O) groups excluding carboxylic acids is 2. The molecule has 2 aliphatic heterocycles. The summed E-state index contributed by atoms with van der Waals surface area (Å²) in [7, 11) is -2.15. The van der Waals surface area contributed by atoms with Gasteiger partial charge in [-0.3, -0.25) is 0 Å². The molecule has 0 spiro atoms. The minimum atomic E-state index is -2.15. The molecule has 0 aliphatic carbocycles. The number of hydrogen-bond acceptors (Lipinski definition) is 8. The topological polar surface area (TPSA) is 101 Å². The van der Waals surface area contributed by atoms with Crippen LogP contribution in [-0.4, -0.2) is 64.0 Å². The lowest BCUT2D eigenvalue weighted by molar-refractivity contribution is -0.155. The highest BCUT2D eigenvalue weighted by Crippen LogP contribution is 2.38. The summed E-state index contributed by atoms with van der Waals surface area (Å²) in [5, 5.41) is 10.1. The number of hydrogen-bond donors (Lipinski definition) is 1. The molecule has 2 aliphatic rings. The second-order valence-electron chi connectivity index (χ2n) is 16.0. The smallest absolute Gasteiger partial charge is 0.335 e. The Morgan fingerprint density at radius 1 is 0.632 bits per heavy atom. The molecule has 4 aromatic carbocycles. The number of aliphatic hydroxyl groups is 1. The van der Waals surface area contributed by atoms with Crippen molar-refractivity contribution in [3.05, 3.63) is 155 Å². The summed E-state index contributed by atoms with van der Waals surface area (Å²) in [4.78, 5) is 25.0. The lowest BCUT2D eigenvalue weighted by Gasteiger charge is -2.38. The van der Waals surface area contributed by atoms with Gasteiger partial charge in [0.25, 0.3) is 0 Å². The van der Waals surface area contributed by atoms with Crippen LogP contribution in [0.2, 0.25) is 18.1 Å². The van der Waals surface area contributed by atoms with E-state index >= 15 is 0 Å². The molecule has 302 valence electrons. The lowest BCUT2D eigenvalue weighted by Crippen LogP contribution is -2.47. The summed E-state index contributed by atoms with van der Waals surface area (Å²) >= 11 is 0. The van der Waals surface area contributed by atoms with Crippen LogP contribution in [0.4, 0.5) is 0 Å². The van der Waals surface area contributed by atoms with Gasteiger partial charge in [-0.25, -0.2) is 9.59 Å². The van der Waals surface area contributed by atoms with Gasteiger partial charge < -0.3 is 28.5 Å². The molecule has 4 aromatic rings. The molecule has 0 radical (unpaired) electrons. The molecule has 57 heavy (non-hydrogen) atoms. The van der Waals surface area contributed by atoms with Crippen LogP contribution in [0.1, 0.15) is 67.0 Å². The third kappa shape index (κ3) is 13.8. The van der Waals surface area contributed by atoms with Crippen molar-refractivity contribution in [3.63, 3.8) is 0 Å². The van der Waals surface area contributed by atoms with E-state index in [4.69, 9.17) is 23.4 Å². The van der Waals surface area contributed by atoms with E-state index in [1.165, 1.54) is 16.7 Å². The predicted molar refractivity (Wildman–Crippen MR) is 228 cm³/mol. The van der Waals surface area contributed by atoms with E-state index in [0.717, 1.165) is 53.9 Å². The Kier molecular flexibility index (Phi) is 16.2. The second-order valence-corrected chi connectivity index (χ2v) is 20.7. The average Bonchev–Trinajstić information content (AvgIpc) is 3.23. The van der Waals surface area contributed by atoms with Gasteiger partial charge in [0.15, 0.2) is 14.4 Å². The maximum Gasteiger partial charge on any atom is 0.335 e. The SMILES string of the molecule is CC(C)(C)[Si](C)(C)O[C@H](Cc1ccc(C2=CCOCC2)cc1)C(=O)OCc1ccccc1.O=C(OCc1ccccc1)[C@H](O)Cc1ccc(C2=CCOCC2)cc1. The monoisotopic (exact) mass is 790 g/mol. The van der Waals surface area contributed by atoms with Gasteiger partial charge in [-0.05, 0) is 75.5 Å². The Hall–Kier alpha value is -4.64. The fraction of sp³-hybridized carbons (Fsp3) is 0.375. The second kappa shape index (κ2) is 21.2. The molecule has 0 bridgehead atoms. The van der Waals surface area contributed by atoms with E-state index in [1.54, 1.807) is 0 Å². The number of rotatable bonds is 14. The fourth-order valence-electron chi connectivity index (χ4n) is 6.16. The van der Waals surface area contributed by atoms with Crippen LogP contribution >= 0.6 is 0 Å². The molecule has 0 saturated carbocycles. The molecule has 0 fully saturated rings. The van der Waals surface area contributed by atoms with E-state index in [2.05, 4.69) is 70.3 Å².